The molecule has 3 rings (SSSR count). The summed E-state index contributed by atoms with van der Waals surface area (Å²) >= 11 is 0. The highest BCUT2D eigenvalue weighted by molar-refractivity contribution is 5.45. The minimum atomic E-state index is -0.410. The Morgan fingerprint density at radius 1 is 1.43 bits per heavy atom. The Kier molecular flexibility index (Phi) is 4.18. The van der Waals surface area contributed by atoms with Crippen molar-refractivity contribution in [3.05, 3.63) is 24.0 Å². The largest absolute Gasteiger partial charge is 0.389 e. The summed E-state index contributed by atoms with van der Waals surface area (Å²) in [7, 11) is 0. The van der Waals surface area contributed by atoms with Gasteiger partial charge in [0.1, 0.15) is 0 Å². The van der Waals surface area contributed by atoms with E-state index in [0.717, 1.165) is 50.2 Å². The van der Waals surface area contributed by atoms with Gasteiger partial charge in [-0.25, -0.2) is 0 Å². The molecule has 4 nitrogen and oxygen atoms in total. The first-order valence-electron chi connectivity index (χ1n) is 8.31. The third kappa shape index (κ3) is 2.92. The van der Waals surface area contributed by atoms with E-state index in [1.807, 2.05) is 12.3 Å². The lowest BCUT2D eigenvalue weighted by atomic mass is 9.71. The average molecular weight is 289 g/mol. The van der Waals surface area contributed by atoms with Crippen LogP contribution in [0.5, 0.6) is 0 Å². The van der Waals surface area contributed by atoms with Crippen molar-refractivity contribution in [3.8, 4) is 0 Å². The summed E-state index contributed by atoms with van der Waals surface area (Å²) in [5.41, 5.74) is 7.74. The van der Waals surface area contributed by atoms with Gasteiger partial charge in [0.25, 0.3) is 0 Å². The number of rotatable bonds is 3. The molecule has 1 aliphatic carbocycles. The Morgan fingerprint density at radius 2 is 2.29 bits per heavy atom. The van der Waals surface area contributed by atoms with E-state index in [1.165, 1.54) is 12.8 Å². The number of hydrogen-bond donors (Lipinski definition) is 2. The molecule has 3 atom stereocenters. The maximum Gasteiger partial charge on any atom is 0.0709 e. The fourth-order valence-corrected chi connectivity index (χ4v) is 3.82. The predicted octanol–water partition coefficient (Wildman–Crippen LogP) is 2.62. The SMILES string of the molecule is CC[C@@H](N)c1ccc(N2CCC3(O)CCCCC3C2)cn1. The van der Waals surface area contributed by atoms with E-state index < -0.39 is 5.60 Å². The number of fused-ring (bicyclic) bond motifs is 1. The van der Waals surface area contributed by atoms with Crippen LogP contribution in [0.1, 0.15) is 57.2 Å². The molecule has 0 radical (unpaired) electrons. The first-order chi connectivity index (χ1) is 10.1. The maximum absolute atomic E-state index is 10.7. The summed E-state index contributed by atoms with van der Waals surface area (Å²) in [5, 5.41) is 10.7. The van der Waals surface area contributed by atoms with Crippen molar-refractivity contribution in [2.75, 3.05) is 18.0 Å². The van der Waals surface area contributed by atoms with Crippen molar-refractivity contribution in [1.82, 2.24) is 4.98 Å². The molecule has 0 spiro atoms. The zero-order chi connectivity index (χ0) is 14.9. The minimum absolute atomic E-state index is 0.0313. The van der Waals surface area contributed by atoms with Crippen LogP contribution in [0, 0.1) is 5.92 Å². The highest BCUT2D eigenvalue weighted by Gasteiger charge is 2.42. The maximum atomic E-state index is 10.7. The standard InChI is InChI=1S/C17H27N3O/c1-2-15(18)16-7-6-14(11-19-16)20-10-9-17(21)8-4-3-5-13(17)12-20/h6-7,11,13,15,21H,2-5,8-10,12,18H2,1H3/t13?,15-,17?/m1/s1. The highest BCUT2D eigenvalue weighted by Crippen LogP contribution is 2.40. The fourth-order valence-electron chi connectivity index (χ4n) is 3.82. The zero-order valence-corrected chi connectivity index (χ0v) is 13.0. The number of anilines is 1. The van der Waals surface area contributed by atoms with Crippen LogP contribution in [0.4, 0.5) is 5.69 Å². The molecule has 2 unspecified atom stereocenters. The van der Waals surface area contributed by atoms with Crippen molar-refractivity contribution in [2.24, 2.45) is 11.7 Å². The molecule has 1 saturated heterocycles. The molecule has 2 fully saturated rings. The fraction of sp³-hybridized carbons (Fsp3) is 0.706. The Labute approximate surface area is 127 Å². The predicted molar refractivity (Wildman–Crippen MR) is 85.2 cm³/mol. The first-order valence-corrected chi connectivity index (χ1v) is 8.31. The third-order valence-corrected chi connectivity index (χ3v) is 5.38. The lowest BCUT2D eigenvalue weighted by Crippen LogP contribution is -2.53. The summed E-state index contributed by atoms with van der Waals surface area (Å²) in [4.78, 5) is 6.89. The smallest absolute Gasteiger partial charge is 0.0709 e. The van der Waals surface area contributed by atoms with Crippen LogP contribution in [-0.2, 0) is 0 Å². The van der Waals surface area contributed by atoms with Crippen LogP contribution in [0.2, 0.25) is 0 Å². The molecule has 1 aromatic rings. The highest BCUT2D eigenvalue weighted by atomic mass is 16.3. The average Bonchev–Trinajstić information content (AvgIpc) is 2.53. The molecule has 3 N–H and O–H groups in total. The Bertz CT molecular complexity index is 475. The Morgan fingerprint density at radius 3 is 3.00 bits per heavy atom. The van der Waals surface area contributed by atoms with E-state index in [-0.39, 0.29) is 6.04 Å². The normalized spacial score (nSPS) is 30.8. The van der Waals surface area contributed by atoms with Gasteiger partial charge in [-0.2, -0.15) is 0 Å². The van der Waals surface area contributed by atoms with Gasteiger partial charge in [-0.1, -0.05) is 19.8 Å². The molecule has 0 bridgehead atoms. The van der Waals surface area contributed by atoms with Gasteiger partial charge in [-0.3, -0.25) is 4.98 Å². The molecule has 1 aromatic heterocycles. The number of hydrogen-bond acceptors (Lipinski definition) is 4. The van der Waals surface area contributed by atoms with E-state index in [1.54, 1.807) is 0 Å². The number of pyridine rings is 1. The molecule has 2 heterocycles. The van der Waals surface area contributed by atoms with Crippen LogP contribution in [-0.4, -0.2) is 28.8 Å². The summed E-state index contributed by atoms with van der Waals surface area (Å²) in [6.07, 6.45) is 8.30. The molecule has 21 heavy (non-hydrogen) atoms. The van der Waals surface area contributed by atoms with Crippen molar-refractivity contribution in [1.29, 1.82) is 0 Å². The number of aliphatic hydroxyl groups is 1. The van der Waals surface area contributed by atoms with E-state index in [9.17, 15) is 5.11 Å². The van der Waals surface area contributed by atoms with Gasteiger partial charge in [0.05, 0.1) is 23.2 Å². The van der Waals surface area contributed by atoms with Crippen LogP contribution in [0.25, 0.3) is 0 Å². The van der Waals surface area contributed by atoms with Gasteiger partial charge in [0.2, 0.25) is 0 Å². The summed E-state index contributed by atoms with van der Waals surface area (Å²) in [6, 6.07) is 4.21. The topological polar surface area (TPSA) is 62.4 Å². The van der Waals surface area contributed by atoms with Gasteiger partial charge in [-0.15, -0.1) is 0 Å². The van der Waals surface area contributed by atoms with E-state index in [4.69, 9.17) is 5.73 Å². The second kappa shape index (κ2) is 5.93. The zero-order valence-electron chi connectivity index (χ0n) is 13.0. The molecular formula is C17H27N3O. The van der Waals surface area contributed by atoms with Crippen LogP contribution < -0.4 is 10.6 Å². The summed E-state index contributed by atoms with van der Waals surface area (Å²) in [6.45, 7) is 3.96. The number of piperidine rings is 1. The molecule has 116 valence electrons. The van der Waals surface area contributed by atoms with Gasteiger partial charge < -0.3 is 15.7 Å². The van der Waals surface area contributed by atoms with Gasteiger partial charge >= 0.3 is 0 Å². The molecule has 1 saturated carbocycles. The molecule has 1 aliphatic heterocycles. The summed E-state index contributed by atoms with van der Waals surface area (Å²) in [5.74, 6) is 0.414. The van der Waals surface area contributed by atoms with Crippen molar-refractivity contribution in [3.63, 3.8) is 0 Å². The Hall–Kier alpha value is -1.13. The number of aromatic nitrogens is 1. The lowest BCUT2D eigenvalue weighted by molar-refractivity contribution is -0.0612. The lowest BCUT2D eigenvalue weighted by Gasteiger charge is -2.48. The quantitative estimate of drug-likeness (QED) is 0.898. The number of nitrogens with two attached hydrogens (primary N) is 1. The second-order valence-electron chi connectivity index (χ2n) is 6.70. The van der Waals surface area contributed by atoms with Crippen LogP contribution >= 0.6 is 0 Å². The van der Waals surface area contributed by atoms with E-state index in [0.29, 0.717) is 5.92 Å². The van der Waals surface area contributed by atoms with Crippen LogP contribution in [0.15, 0.2) is 18.3 Å². The molecule has 0 aromatic carbocycles. The van der Waals surface area contributed by atoms with Gasteiger partial charge in [-0.05, 0) is 37.8 Å². The van der Waals surface area contributed by atoms with Gasteiger partial charge in [0, 0.05) is 25.0 Å². The molecule has 0 amide bonds. The molecule has 2 aliphatic rings. The summed E-state index contributed by atoms with van der Waals surface area (Å²) < 4.78 is 0. The first kappa shape index (κ1) is 14.8. The number of nitrogens with zero attached hydrogens (tertiary/aromatic N) is 2. The van der Waals surface area contributed by atoms with Crippen LogP contribution in [0.3, 0.4) is 0 Å². The van der Waals surface area contributed by atoms with E-state index >= 15 is 0 Å². The monoisotopic (exact) mass is 289 g/mol. The minimum Gasteiger partial charge on any atom is -0.389 e. The van der Waals surface area contributed by atoms with Crippen molar-refractivity contribution < 1.29 is 5.11 Å². The Balaban J connectivity index is 1.70. The van der Waals surface area contributed by atoms with Crippen molar-refractivity contribution in [2.45, 2.75) is 57.1 Å². The second-order valence-corrected chi connectivity index (χ2v) is 6.70. The third-order valence-electron chi connectivity index (χ3n) is 5.38. The van der Waals surface area contributed by atoms with Crippen molar-refractivity contribution >= 4 is 5.69 Å². The molecule has 4 heteroatoms. The van der Waals surface area contributed by atoms with Gasteiger partial charge in [0.15, 0.2) is 0 Å². The molecular weight excluding hydrogens is 262 g/mol. The van der Waals surface area contributed by atoms with E-state index in [2.05, 4.69) is 22.9 Å².